The van der Waals surface area contributed by atoms with E-state index >= 15 is 0 Å². The monoisotopic (exact) mass is 302 g/mol. The maximum absolute atomic E-state index is 12.9. The standard InChI is InChI=1S/C11H8ClFN2O3S/c1-18-10-4-5-11(15-14-10)19(16,17)9-3-2-7(13)6-8(9)12/h2-6H,1H3. The average Bonchev–Trinajstić information content (AvgIpc) is 2.38. The molecule has 0 fully saturated rings. The third-order valence-electron chi connectivity index (χ3n) is 2.28. The van der Waals surface area contributed by atoms with Crippen LogP contribution < -0.4 is 4.74 Å². The molecule has 0 aliphatic heterocycles. The van der Waals surface area contributed by atoms with Gasteiger partial charge in [0.15, 0.2) is 5.03 Å². The van der Waals surface area contributed by atoms with Gasteiger partial charge in [-0.1, -0.05) is 11.6 Å². The highest BCUT2D eigenvalue weighted by atomic mass is 35.5. The third kappa shape index (κ3) is 2.66. The lowest BCUT2D eigenvalue weighted by molar-refractivity contribution is 0.389. The van der Waals surface area contributed by atoms with Crippen LogP contribution in [0.2, 0.25) is 5.02 Å². The summed E-state index contributed by atoms with van der Waals surface area (Å²) in [6.45, 7) is 0. The van der Waals surface area contributed by atoms with E-state index in [9.17, 15) is 12.8 Å². The van der Waals surface area contributed by atoms with Crippen molar-refractivity contribution in [3.8, 4) is 5.88 Å². The third-order valence-corrected chi connectivity index (χ3v) is 4.41. The van der Waals surface area contributed by atoms with Crippen molar-refractivity contribution in [1.29, 1.82) is 0 Å². The van der Waals surface area contributed by atoms with Gasteiger partial charge in [0.2, 0.25) is 15.7 Å². The average molecular weight is 303 g/mol. The van der Waals surface area contributed by atoms with Crippen LogP contribution >= 0.6 is 11.6 Å². The van der Waals surface area contributed by atoms with E-state index in [1.54, 1.807) is 0 Å². The molecule has 0 saturated carbocycles. The molecule has 1 heterocycles. The molecule has 0 aliphatic rings. The van der Waals surface area contributed by atoms with E-state index in [0.29, 0.717) is 0 Å². The largest absolute Gasteiger partial charge is 0.480 e. The fourth-order valence-electron chi connectivity index (χ4n) is 1.37. The lowest BCUT2D eigenvalue weighted by Gasteiger charge is -2.05. The van der Waals surface area contributed by atoms with Crippen LogP contribution in [0.5, 0.6) is 5.88 Å². The summed E-state index contributed by atoms with van der Waals surface area (Å²) < 4.78 is 42.1. The highest BCUT2D eigenvalue weighted by Crippen LogP contribution is 2.27. The van der Waals surface area contributed by atoms with E-state index in [1.165, 1.54) is 19.2 Å². The Morgan fingerprint density at radius 3 is 2.47 bits per heavy atom. The molecule has 1 aromatic heterocycles. The van der Waals surface area contributed by atoms with Crippen LogP contribution in [0.15, 0.2) is 40.3 Å². The van der Waals surface area contributed by atoms with Crippen molar-refractivity contribution in [3.05, 3.63) is 41.2 Å². The van der Waals surface area contributed by atoms with Gasteiger partial charge < -0.3 is 4.74 Å². The molecule has 100 valence electrons. The van der Waals surface area contributed by atoms with E-state index in [4.69, 9.17) is 16.3 Å². The van der Waals surface area contributed by atoms with Crippen LogP contribution in [-0.2, 0) is 9.84 Å². The van der Waals surface area contributed by atoms with Crippen molar-refractivity contribution in [2.24, 2.45) is 0 Å². The second kappa shape index (κ2) is 5.10. The number of nitrogens with zero attached hydrogens (tertiary/aromatic N) is 2. The first-order valence-corrected chi connectivity index (χ1v) is 6.89. The van der Waals surface area contributed by atoms with Crippen molar-refractivity contribution in [2.75, 3.05) is 7.11 Å². The summed E-state index contributed by atoms with van der Waals surface area (Å²) in [5, 5.41) is 6.61. The Morgan fingerprint density at radius 2 is 1.95 bits per heavy atom. The van der Waals surface area contributed by atoms with Crippen LogP contribution in [0.1, 0.15) is 0 Å². The SMILES string of the molecule is COc1ccc(S(=O)(=O)c2ccc(F)cc2Cl)nn1. The summed E-state index contributed by atoms with van der Waals surface area (Å²) >= 11 is 5.73. The van der Waals surface area contributed by atoms with E-state index in [0.717, 1.165) is 18.2 Å². The second-order valence-electron chi connectivity index (χ2n) is 3.49. The van der Waals surface area contributed by atoms with Crippen LogP contribution in [0.25, 0.3) is 0 Å². The minimum absolute atomic E-state index is 0.184. The molecule has 0 N–H and O–H groups in total. The van der Waals surface area contributed by atoms with Gasteiger partial charge in [0.1, 0.15) is 5.82 Å². The van der Waals surface area contributed by atoms with Gasteiger partial charge in [-0.15, -0.1) is 10.2 Å². The molecule has 0 atom stereocenters. The lowest BCUT2D eigenvalue weighted by Crippen LogP contribution is -2.06. The first kappa shape index (κ1) is 13.7. The minimum Gasteiger partial charge on any atom is -0.480 e. The van der Waals surface area contributed by atoms with Crippen LogP contribution in [0, 0.1) is 5.82 Å². The predicted molar refractivity (Wildman–Crippen MR) is 65.4 cm³/mol. The van der Waals surface area contributed by atoms with Gasteiger partial charge in [-0.25, -0.2) is 12.8 Å². The van der Waals surface area contributed by atoms with Crippen LogP contribution in [-0.4, -0.2) is 25.7 Å². The highest BCUT2D eigenvalue weighted by Gasteiger charge is 2.23. The number of hydrogen-bond acceptors (Lipinski definition) is 5. The Bertz CT molecular complexity index is 704. The number of benzene rings is 1. The molecule has 0 unspecified atom stereocenters. The van der Waals surface area contributed by atoms with Crippen molar-refractivity contribution in [1.82, 2.24) is 10.2 Å². The molecule has 19 heavy (non-hydrogen) atoms. The molecular formula is C11H8ClFN2O3S. The summed E-state index contributed by atoms with van der Waals surface area (Å²) in [6, 6.07) is 5.61. The molecule has 2 aromatic rings. The summed E-state index contributed by atoms with van der Waals surface area (Å²) in [5.41, 5.74) is 0. The molecule has 0 amide bonds. The summed E-state index contributed by atoms with van der Waals surface area (Å²) in [6.07, 6.45) is 0. The van der Waals surface area contributed by atoms with Gasteiger partial charge in [-0.3, -0.25) is 0 Å². The van der Waals surface area contributed by atoms with Gasteiger partial charge in [0.05, 0.1) is 17.0 Å². The maximum Gasteiger partial charge on any atom is 0.233 e. The summed E-state index contributed by atoms with van der Waals surface area (Å²) in [5.74, 6) is -0.436. The molecule has 0 saturated heterocycles. The molecular weight excluding hydrogens is 295 g/mol. The molecule has 8 heteroatoms. The minimum atomic E-state index is -3.94. The molecule has 0 bridgehead atoms. The second-order valence-corrected chi connectivity index (χ2v) is 5.76. The van der Waals surface area contributed by atoms with Crippen LogP contribution in [0.3, 0.4) is 0 Å². The van der Waals surface area contributed by atoms with Crippen molar-refractivity contribution in [3.63, 3.8) is 0 Å². The Hall–Kier alpha value is -1.73. The van der Waals surface area contributed by atoms with E-state index < -0.39 is 15.7 Å². The summed E-state index contributed by atoms with van der Waals surface area (Å²) in [4.78, 5) is -0.227. The number of sulfone groups is 1. The number of halogens is 2. The van der Waals surface area contributed by atoms with Crippen molar-refractivity contribution < 1.29 is 17.5 Å². The fourth-order valence-corrected chi connectivity index (χ4v) is 3.02. The Labute approximate surface area is 113 Å². The maximum atomic E-state index is 12.9. The zero-order valence-corrected chi connectivity index (χ0v) is 11.2. The van der Waals surface area contributed by atoms with E-state index in [-0.39, 0.29) is 20.8 Å². The predicted octanol–water partition coefficient (Wildman–Crippen LogP) is 2.11. The molecule has 0 radical (unpaired) electrons. The number of rotatable bonds is 3. The number of aromatic nitrogens is 2. The number of hydrogen-bond donors (Lipinski definition) is 0. The van der Waals surface area contributed by atoms with Crippen molar-refractivity contribution in [2.45, 2.75) is 9.92 Å². The Balaban J connectivity index is 2.52. The Kier molecular flexibility index (Phi) is 3.68. The topological polar surface area (TPSA) is 69.2 Å². The molecule has 1 aromatic carbocycles. The smallest absolute Gasteiger partial charge is 0.233 e. The number of ether oxygens (including phenoxy) is 1. The van der Waals surface area contributed by atoms with Crippen LogP contribution in [0.4, 0.5) is 4.39 Å². The zero-order valence-electron chi connectivity index (χ0n) is 9.67. The van der Waals surface area contributed by atoms with Crippen molar-refractivity contribution >= 4 is 21.4 Å². The molecule has 0 aliphatic carbocycles. The molecule has 5 nitrogen and oxygen atoms in total. The van der Waals surface area contributed by atoms with Gasteiger partial charge in [0.25, 0.3) is 0 Å². The normalized spacial score (nSPS) is 11.3. The lowest BCUT2D eigenvalue weighted by atomic mass is 10.3. The number of methoxy groups -OCH3 is 1. The zero-order chi connectivity index (χ0) is 14.0. The quantitative estimate of drug-likeness (QED) is 0.812. The van der Waals surface area contributed by atoms with E-state index in [1.807, 2.05) is 0 Å². The van der Waals surface area contributed by atoms with E-state index in [2.05, 4.69) is 10.2 Å². The van der Waals surface area contributed by atoms with Gasteiger partial charge in [-0.2, -0.15) is 0 Å². The molecule has 2 rings (SSSR count). The first-order chi connectivity index (χ1) is 8.95. The molecule has 0 spiro atoms. The first-order valence-electron chi connectivity index (χ1n) is 5.03. The Morgan fingerprint density at radius 1 is 1.21 bits per heavy atom. The highest BCUT2D eigenvalue weighted by molar-refractivity contribution is 7.91. The van der Waals surface area contributed by atoms with Gasteiger partial charge in [0, 0.05) is 6.07 Å². The summed E-state index contributed by atoms with van der Waals surface area (Å²) in [7, 11) is -2.56. The van der Waals surface area contributed by atoms with Gasteiger partial charge in [-0.05, 0) is 24.3 Å². The fraction of sp³-hybridized carbons (Fsp3) is 0.0909. The van der Waals surface area contributed by atoms with Gasteiger partial charge >= 0.3 is 0 Å².